The number of carbonyl (C=O) groups excluding carboxylic acids is 1. The van der Waals surface area contributed by atoms with E-state index in [9.17, 15) is 15.0 Å². The number of benzene rings is 1. The summed E-state index contributed by atoms with van der Waals surface area (Å²) in [4.78, 5) is 11.7. The largest absolute Gasteiger partial charge is 0.508 e. The highest BCUT2D eigenvalue weighted by Gasteiger charge is 2.34. The Bertz CT molecular complexity index is 425. The number of rotatable bonds is 0. The summed E-state index contributed by atoms with van der Waals surface area (Å²) in [5.41, 5.74) is 0.972. The molecular weight excluding hydrogens is 196 g/mol. The zero-order valence-corrected chi connectivity index (χ0v) is 8.52. The van der Waals surface area contributed by atoms with E-state index in [0.717, 1.165) is 0 Å². The number of ketones is 1. The highest BCUT2D eigenvalue weighted by Crippen LogP contribution is 2.33. The van der Waals surface area contributed by atoms with E-state index >= 15 is 0 Å². The second-order valence-electron chi connectivity index (χ2n) is 3.77. The minimum Gasteiger partial charge on any atom is -0.508 e. The van der Waals surface area contributed by atoms with Crippen molar-refractivity contribution < 1.29 is 19.7 Å². The number of carbonyl (C=O) groups is 1. The van der Waals surface area contributed by atoms with Crippen LogP contribution in [0.25, 0.3) is 0 Å². The summed E-state index contributed by atoms with van der Waals surface area (Å²) < 4.78 is 5.35. The molecule has 0 saturated heterocycles. The van der Waals surface area contributed by atoms with Crippen molar-refractivity contribution >= 4 is 5.78 Å². The molecule has 2 rings (SSSR count). The van der Waals surface area contributed by atoms with E-state index in [1.165, 1.54) is 12.1 Å². The van der Waals surface area contributed by atoms with Crippen LogP contribution in [0.5, 0.6) is 11.5 Å². The molecule has 0 bridgehead atoms. The molecule has 4 heteroatoms. The fourth-order valence-corrected chi connectivity index (χ4v) is 1.77. The third kappa shape index (κ3) is 1.47. The van der Waals surface area contributed by atoms with E-state index in [1.807, 2.05) is 0 Å². The van der Waals surface area contributed by atoms with Crippen LogP contribution in [0.3, 0.4) is 0 Å². The van der Waals surface area contributed by atoms with Crippen molar-refractivity contribution in [3.63, 3.8) is 0 Å². The van der Waals surface area contributed by atoms with E-state index in [0.29, 0.717) is 16.9 Å². The summed E-state index contributed by atoms with van der Waals surface area (Å²) in [6.45, 7) is 3.31. The molecule has 0 saturated carbocycles. The number of aliphatic hydroxyl groups is 1. The van der Waals surface area contributed by atoms with Gasteiger partial charge in [-0.2, -0.15) is 0 Å². The molecule has 0 radical (unpaired) electrons. The van der Waals surface area contributed by atoms with Crippen molar-refractivity contribution in [1.82, 2.24) is 0 Å². The van der Waals surface area contributed by atoms with Crippen LogP contribution in [0.4, 0.5) is 0 Å². The van der Waals surface area contributed by atoms with Crippen molar-refractivity contribution in [2.24, 2.45) is 0 Å². The predicted octanol–water partition coefficient (Wildman–Crippen LogP) is 1.03. The van der Waals surface area contributed by atoms with Gasteiger partial charge in [0.15, 0.2) is 11.9 Å². The van der Waals surface area contributed by atoms with Gasteiger partial charge in [-0.3, -0.25) is 4.79 Å². The number of phenols is 1. The van der Waals surface area contributed by atoms with Crippen LogP contribution in [-0.2, 0) is 0 Å². The first-order valence-electron chi connectivity index (χ1n) is 4.73. The van der Waals surface area contributed by atoms with Gasteiger partial charge in [-0.25, -0.2) is 0 Å². The van der Waals surface area contributed by atoms with Gasteiger partial charge in [0.1, 0.15) is 17.6 Å². The predicted molar refractivity (Wildman–Crippen MR) is 53.3 cm³/mol. The van der Waals surface area contributed by atoms with E-state index in [1.54, 1.807) is 13.8 Å². The van der Waals surface area contributed by atoms with E-state index in [-0.39, 0.29) is 11.5 Å². The average molecular weight is 208 g/mol. The highest BCUT2D eigenvalue weighted by atomic mass is 16.5. The molecule has 1 aromatic rings. The first kappa shape index (κ1) is 9.98. The highest BCUT2D eigenvalue weighted by molar-refractivity contribution is 6.04. The number of hydrogen-bond acceptors (Lipinski definition) is 4. The first-order chi connectivity index (χ1) is 7.00. The van der Waals surface area contributed by atoms with Gasteiger partial charge in [-0.05, 0) is 25.5 Å². The maximum absolute atomic E-state index is 11.7. The Balaban J connectivity index is 2.60. The number of aryl methyl sites for hydroxylation is 1. The molecule has 4 nitrogen and oxygen atoms in total. The second-order valence-corrected chi connectivity index (χ2v) is 3.77. The summed E-state index contributed by atoms with van der Waals surface area (Å²) in [6, 6.07) is 2.87. The van der Waals surface area contributed by atoms with Gasteiger partial charge < -0.3 is 14.9 Å². The molecule has 1 aromatic carbocycles. The molecule has 80 valence electrons. The summed E-state index contributed by atoms with van der Waals surface area (Å²) >= 11 is 0. The van der Waals surface area contributed by atoms with Gasteiger partial charge in [-0.1, -0.05) is 0 Å². The van der Waals surface area contributed by atoms with Gasteiger partial charge in [0, 0.05) is 6.07 Å². The molecule has 0 aliphatic carbocycles. The Morgan fingerprint density at radius 1 is 1.40 bits per heavy atom. The summed E-state index contributed by atoms with van der Waals surface area (Å²) in [6.07, 6.45) is -1.70. The molecule has 0 amide bonds. The monoisotopic (exact) mass is 208 g/mol. The van der Waals surface area contributed by atoms with Crippen LogP contribution in [0.15, 0.2) is 12.1 Å². The summed E-state index contributed by atoms with van der Waals surface area (Å²) in [7, 11) is 0. The Labute approximate surface area is 87.1 Å². The molecule has 0 unspecified atom stereocenters. The lowest BCUT2D eigenvalue weighted by molar-refractivity contribution is 0.0289. The van der Waals surface area contributed by atoms with E-state index in [4.69, 9.17) is 4.74 Å². The number of phenolic OH excluding ortho intramolecular Hbond substituents is 1. The molecule has 0 spiro atoms. The molecule has 2 atom stereocenters. The second kappa shape index (κ2) is 3.24. The Hall–Kier alpha value is -1.55. The lowest BCUT2D eigenvalue weighted by atomic mass is 9.94. The SMILES string of the molecule is Cc1cc(O)cc2c1C(=O)[C@@H](O)[C@H](C)O2. The number of aliphatic hydroxyl groups excluding tert-OH is 1. The van der Waals surface area contributed by atoms with Crippen molar-refractivity contribution in [1.29, 1.82) is 0 Å². The standard InChI is InChI=1S/C11H12O4/c1-5-3-7(12)4-8-9(5)11(14)10(13)6(2)15-8/h3-4,6,10,12-13H,1-2H3/t6-,10-/m0/s1. The third-order valence-electron chi connectivity index (χ3n) is 2.56. The Morgan fingerprint density at radius 3 is 2.73 bits per heavy atom. The number of fused-ring (bicyclic) bond motifs is 1. The van der Waals surface area contributed by atoms with Crippen LogP contribution in [0.2, 0.25) is 0 Å². The number of Topliss-reactive ketones (excluding diaryl/α,β-unsaturated/α-hetero) is 1. The van der Waals surface area contributed by atoms with Gasteiger partial charge in [0.25, 0.3) is 0 Å². The first-order valence-corrected chi connectivity index (χ1v) is 4.73. The lowest BCUT2D eigenvalue weighted by Crippen LogP contribution is -2.40. The topological polar surface area (TPSA) is 66.8 Å². The number of aromatic hydroxyl groups is 1. The van der Waals surface area contributed by atoms with Crippen LogP contribution >= 0.6 is 0 Å². The van der Waals surface area contributed by atoms with Crippen LogP contribution in [0, 0.1) is 6.92 Å². The molecular formula is C11H12O4. The molecule has 1 heterocycles. The van der Waals surface area contributed by atoms with Crippen molar-refractivity contribution in [3.05, 3.63) is 23.3 Å². The molecule has 0 aromatic heterocycles. The number of ether oxygens (including phenoxy) is 1. The molecule has 15 heavy (non-hydrogen) atoms. The van der Waals surface area contributed by atoms with Crippen molar-refractivity contribution in [2.75, 3.05) is 0 Å². The Kier molecular flexibility index (Phi) is 2.16. The third-order valence-corrected chi connectivity index (χ3v) is 2.56. The molecule has 1 aliphatic rings. The molecule has 1 aliphatic heterocycles. The maximum atomic E-state index is 11.7. The normalized spacial score (nSPS) is 24.6. The fourth-order valence-electron chi connectivity index (χ4n) is 1.77. The van der Waals surface area contributed by atoms with Crippen LogP contribution in [-0.4, -0.2) is 28.2 Å². The van der Waals surface area contributed by atoms with Crippen molar-refractivity contribution in [3.8, 4) is 11.5 Å². The van der Waals surface area contributed by atoms with Crippen LogP contribution < -0.4 is 4.74 Å². The maximum Gasteiger partial charge on any atom is 0.199 e. The zero-order valence-electron chi connectivity index (χ0n) is 8.52. The van der Waals surface area contributed by atoms with E-state index < -0.39 is 12.2 Å². The smallest absolute Gasteiger partial charge is 0.199 e. The minimum absolute atomic E-state index is 0.0580. The number of hydrogen-bond donors (Lipinski definition) is 2. The van der Waals surface area contributed by atoms with Crippen LogP contribution in [0.1, 0.15) is 22.8 Å². The van der Waals surface area contributed by atoms with Gasteiger partial charge in [0.2, 0.25) is 0 Å². The molecule has 0 fully saturated rings. The Morgan fingerprint density at radius 2 is 2.07 bits per heavy atom. The van der Waals surface area contributed by atoms with Gasteiger partial charge in [0.05, 0.1) is 5.56 Å². The lowest BCUT2D eigenvalue weighted by Gasteiger charge is -2.27. The zero-order chi connectivity index (χ0) is 11.2. The molecule has 2 N–H and O–H groups in total. The summed E-state index contributed by atoms with van der Waals surface area (Å²) in [5.74, 6) is 0.0548. The quantitative estimate of drug-likeness (QED) is 0.668. The van der Waals surface area contributed by atoms with Crippen molar-refractivity contribution in [2.45, 2.75) is 26.1 Å². The minimum atomic E-state index is -1.12. The fraction of sp³-hybridized carbons (Fsp3) is 0.364. The van der Waals surface area contributed by atoms with E-state index in [2.05, 4.69) is 0 Å². The summed E-state index contributed by atoms with van der Waals surface area (Å²) in [5, 5.41) is 18.9. The van der Waals surface area contributed by atoms with Gasteiger partial charge >= 0.3 is 0 Å². The average Bonchev–Trinajstić information content (AvgIpc) is 2.13. The van der Waals surface area contributed by atoms with Gasteiger partial charge in [-0.15, -0.1) is 0 Å².